The molecule has 0 bridgehead atoms. The minimum Gasteiger partial charge on any atom is -0.497 e. The molecule has 0 aliphatic rings. The molecule has 168 valence electrons. The summed E-state index contributed by atoms with van der Waals surface area (Å²) in [6, 6.07) is 14.9. The maximum atomic E-state index is 12.8. The summed E-state index contributed by atoms with van der Waals surface area (Å²) >= 11 is 0. The third-order valence-corrected chi connectivity index (χ3v) is 5.10. The SMILES string of the molecule is COc1ccc(-c2cnc(Nc3ccc(C(=O)N(CCO)CCC(C)C)cc3)nc2)cc1. The maximum absolute atomic E-state index is 12.8. The highest BCUT2D eigenvalue weighted by Crippen LogP contribution is 2.22. The first-order valence-electron chi connectivity index (χ1n) is 10.7. The summed E-state index contributed by atoms with van der Waals surface area (Å²) in [6.45, 7) is 5.15. The van der Waals surface area contributed by atoms with Crippen molar-refractivity contribution in [3.05, 3.63) is 66.5 Å². The van der Waals surface area contributed by atoms with Crippen LogP contribution in [0, 0.1) is 5.92 Å². The second kappa shape index (κ2) is 11.2. The molecule has 3 aromatic rings. The summed E-state index contributed by atoms with van der Waals surface area (Å²) in [5.74, 6) is 1.69. The Hall–Kier alpha value is -3.45. The number of hydrogen-bond donors (Lipinski definition) is 2. The molecule has 0 aliphatic carbocycles. The van der Waals surface area contributed by atoms with Crippen molar-refractivity contribution in [3.8, 4) is 16.9 Å². The van der Waals surface area contributed by atoms with Gasteiger partial charge in [-0.3, -0.25) is 4.79 Å². The number of aliphatic hydroxyl groups excluding tert-OH is 1. The molecule has 0 spiro atoms. The molecule has 1 amide bonds. The Balaban J connectivity index is 1.63. The van der Waals surface area contributed by atoms with Crippen LogP contribution in [0.25, 0.3) is 11.1 Å². The monoisotopic (exact) mass is 434 g/mol. The highest BCUT2D eigenvalue weighted by atomic mass is 16.5. The molecule has 3 rings (SSSR count). The van der Waals surface area contributed by atoms with Gasteiger partial charge in [0, 0.05) is 42.3 Å². The molecule has 0 fully saturated rings. The van der Waals surface area contributed by atoms with Gasteiger partial charge in [0.2, 0.25) is 5.95 Å². The first-order chi connectivity index (χ1) is 15.5. The van der Waals surface area contributed by atoms with E-state index in [1.807, 2.05) is 36.4 Å². The highest BCUT2D eigenvalue weighted by molar-refractivity contribution is 5.94. The van der Waals surface area contributed by atoms with Crippen LogP contribution in [-0.2, 0) is 0 Å². The van der Waals surface area contributed by atoms with E-state index in [-0.39, 0.29) is 12.5 Å². The number of benzene rings is 2. The molecule has 0 radical (unpaired) electrons. The van der Waals surface area contributed by atoms with Crippen LogP contribution in [0.2, 0.25) is 0 Å². The van der Waals surface area contributed by atoms with E-state index in [0.29, 0.717) is 30.5 Å². The van der Waals surface area contributed by atoms with Crippen molar-refractivity contribution in [3.63, 3.8) is 0 Å². The Bertz CT molecular complexity index is 987. The summed E-state index contributed by atoms with van der Waals surface area (Å²) in [5.41, 5.74) is 3.28. The molecular weight excluding hydrogens is 404 g/mol. The zero-order chi connectivity index (χ0) is 22.9. The van der Waals surface area contributed by atoms with Gasteiger partial charge in [-0.1, -0.05) is 26.0 Å². The standard InChI is InChI=1S/C25H30N4O3/c1-18(2)12-13-29(14-15-30)24(31)20-4-8-22(9-5-20)28-25-26-16-21(17-27-25)19-6-10-23(32-3)11-7-19/h4-11,16-18,30H,12-15H2,1-3H3,(H,26,27,28). The van der Waals surface area contributed by atoms with Crippen molar-refractivity contribution in [2.45, 2.75) is 20.3 Å². The number of nitrogens with one attached hydrogen (secondary N) is 1. The number of aliphatic hydroxyl groups is 1. The number of methoxy groups -OCH3 is 1. The summed E-state index contributed by atoms with van der Waals surface area (Å²) < 4.78 is 5.18. The van der Waals surface area contributed by atoms with E-state index in [4.69, 9.17) is 4.74 Å². The summed E-state index contributed by atoms with van der Waals surface area (Å²) in [4.78, 5) is 23.3. The lowest BCUT2D eigenvalue weighted by Crippen LogP contribution is -2.35. The Morgan fingerprint density at radius 1 is 1.00 bits per heavy atom. The maximum Gasteiger partial charge on any atom is 0.253 e. The zero-order valence-electron chi connectivity index (χ0n) is 18.8. The van der Waals surface area contributed by atoms with Gasteiger partial charge in [-0.25, -0.2) is 9.97 Å². The number of aromatic nitrogens is 2. The number of carbonyl (C=O) groups is 1. The molecule has 2 aromatic carbocycles. The molecule has 0 aliphatic heterocycles. The Morgan fingerprint density at radius 3 is 2.22 bits per heavy atom. The number of ether oxygens (including phenoxy) is 1. The third kappa shape index (κ3) is 6.28. The fraction of sp³-hybridized carbons (Fsp3) is 0.320. The number of amides is 1. The fourth-order valence-corrected chi connectivity index (χ4v) is 3.18. The van der Waals surface area contributed by atoms with E-state index in [1.54, 1.807) is 36.5 Å². The average Bonchev–Trinajstić information content (AvgIpc) is 2.82. The Kier molecular flexibility index (Phi) is 8.16. The molecule has 0 unspecified atom stereocenters. The number of nitrogens with zero attached hydrogens (tertiary/aromatic N) is 3. The summed E-state index contributed by atoms with van der Waals surface area (Å²) in [7, 11) is 1.64. The largest absolute Gasteiger partial charge is 0.497 e. The lowest BCUT2D eigenvalue weighted by atomic mass is 10.1. The predicted molar refractivity (Wildman–Crippen MR) is 126 cm³/mol. The smallest absolute Gasteiger partial charge is 0.253 e. The molecule has 0 saturated carbocycles. The van der Waals surface area contributed by atoms with Gasteiger partial charge in [-0.15, -0.1) is 0 Å². The van der Waals surface area contributed by atoms with Crippen LogP contribution in [0.4, 0.5) is 11.6 Å². The van der Waals surface area contributed by atoms with Crippen molar-refractivity contribution in [2.75, 3.05) is 32.1 Å². The summed E-state index contributed by atoms with van der Waals surface area (Å²) in [6.07, 6.45) is 4.42. The minimum absolute atomic E-state index is 0.0483. The van der Waals surface area contributed by atoms with Crippen LogP contribution in [0.5, 0.6) is 5.75 Å². The van der Waals surface area contributed by atoms with Gasteiger partial charge >= 0.3 is 0 Å². The van der Waals surface area contributed by atoms with Gasteiger partial charge in [0.05, 0.1) is 13.7 Å². The normalized spacial score (nSPS) is 10.8. The second-order valence-electron chi connectivity index (χ2n) is 7.92. The molecule has 7 nitrogen and oxygen atoms in total. The molecule has 1 aromatic heterocycles. The Labute approximate surface area is 189 Å². The van der Waals surface area contributed by atoms with Gasteiger partial charge in [-0.05, 0) is 54.3 Å². The van der Waals surface area contributed by atoms with Crippen molar-refractivity contribution in [1.29, 1.82) is 0 Å². The number of rotatable bonds is 10. The molecule has 2 N–H and O–H groups in total. The van der Waals surface area contributed by atoms with Crippen LogP contribution in [0.15, 0.2) is 60.9 Å². The Morgan fingerprint density at radius 2 is 1.66 bits per heavy atom. The van der Waals surface area contributed by atoms with E-state index in [2.05, 4.69) is 29.1 Å². The zero-order valence-corrected chi connectivity index (χ0v) is 18.8. The molecule has 7 heteroatoms. The fourth-order valence-electron chi connectivity index (χ4n) is 3.18. The molecule has 0 saturated heterocycles. The van der Waals surface area contributed by atoms with Crippen molar-refractivity contribution < 1.29 is 14.6 Å². The van der Waals surface area contributed by atoms with E-state index in [1.165, 1.54) is 0 Å². The summed E-state index contributed by atoms with van der Waals surface area (Å²) in [5, 5.41) is 12.5. The van der Waals surface area contributed by atoms with Crippen molar-refractivity contribution >= 4 is 17.5 Å². The third-order valence-electron chi connectivity index (χ3n) is 5.10. The van der Waals surface area contributed by atoms with Gasteiger partial charge < -0.3 is 20.1 Å². The average molecular weight is 435 g/mol. The number of hydrogen-bond acceptors (Lipinski definition) is 6. The quantitative estimate of drug-likeness (QED) is 0.492. The predicted octanol–water partition coefficient (Wildman–Crippen LogP) is 4.38. The molecular formula is C25H30N4O3. The molecule has 32 heavy (non-hydrogen) atoms. The topological polar surface area (TPSA) is 87.6 Å². The minimum atomic E-state index is -0.0775. The van der Waals surface area contributed by atoms with E-state index < -0.39 is 0 Å². The van der Waals surface area contributed by atoms with Crippen LogP contribution >= 0.6 is 0 Å². The van der Waals surface area contributed by atoms with Crippen LogP contribution in [0.1, 0.15) is 30.6 Å². The van der Waals surface area contributed by atoms with E-state index in [0.717, 1.165) is 29.0 Å². The van der Waals surface area contributed by atoms with Crippen LogP contribution in [0.3, 0.4) is 0 Å². The van der Waals surface area contributed by atoms with Crippen molar-refractivity contribution in [1.82, 2.24) is 14.9 Å². The van der Waals surface area contributed by atoms with E-state index >= 15 is 0 Å². The van der Waals surface area contributed by atoms with Gasteiger partial charge in [0.25, 0.3) is 5.91 Å². The van der Waals surface area contributed by atoms with E-state index in [9.17, 15) is 9.90 Å². The number of carbonyl (C=O) groups excluding carboxylic acids is 1. The lowest BCUT2D eigenvalue weighted by Gasteiger charge is -2.23. The number of anilines is 2. The van der Waals surface area contributed by atoms with Gasteiger partial charge in [-0.2, -0.15) is 0 Å². The second-order valence-corrected chi connectivity index (χ2v) is 7.92. The van der Waals surface area contributed by atoms with Gasteiger partial charge in [0.15, 0.2) is 0 Å². The van der Waals surface area contributed by atoms with Crippen LogP contribution < -0.4 is 10.1 Å². The first kappa shape index (κ1) is 23.2. The van der Waals surface area contributed by atoms with Crippen molar-refractivity contribution in [2.24, 2.45) is 5.92 Å². The molecule has 1 heterocycles. The molecule has 0 atom stereocenters. The first-order valence-corrected chi connectivity index (χ1v) is 10.7. The van der Waals surface area contributed by atoms with Gasteiger partial charge in [0.1, 0.15) is 5.75 Å². The lowest BCUT2D eigenvalue weighted by molar-refractivity contribution is 0.0714. The highest BCUT2D eigenvalue weighted by Gasteiger charge is 2.15. The van der Waals surface area contributed by atoms with Crippen LogP contribution in [-0.4, -0.2) is 52.7 Å².